The fourth-order valence-electron chi connectivity index (χ4n) is 4.08. The lowest BCUT2D eigenvalue weighted by molar-refractivity contribution is -0.0436. The Morgan fingerprint density at radius 2 is 1.76 bits per heavy atom. The third kappa shape index (κ3) is 4.67. The minimum Gasteiger partial charge on any atom is -0.493 e. The van der Waals surface area contributed by atoms with Crippen molar-refractivity contribution in [1.82, 2.24) is 14.1 Å². The zero-order chi connectivity index (χ0) is 24.5. The van der Waals surface area contributed by atoms with Crippen LogP contribution in [0.5, 0.6) is 5.88 Å². The Hall–Kier alpha value is -3.28. The van der Waals surface area contributed by atoms with Gasteiger partial charge in [0.25, 0.3) is 9.84 Å². The van der Waals surface area contributed by atoms with Gasteiger partial charge in [0.2, 0.25) is 5.88 Å². The number of benzene rings is 1. The van der Waals surface area contributed by atoms with E-state index < -0.39 is 31.8 Å². The predicted molar refractivity (Wildman–Crippen MR) is 119 cm³/mol. The number of pyridine rings is 1. The average molecular weight is 497 g/mol. The average Bonchev–Trinajstić information content (AvgIpc) is 3.08. The molecule has 3 aromatic rings. The van der Waals surface area contributed by atoms with Crippen molar-refractivity contribution >= 4 is 15.5 Å². The van der Waals surface area contributed by atoms with E-state index in [2.05, 4.69) is 10.3 Å². The van der Waals surface area contributed by atoms with Gasteiger partial charge >= 0.3 is 11.2 Å². The van der Waals surface area contributed by atoms with Crippen LogP contribution in [-0.4, -0.2) is 39.2 Å². The molecule has 0 radical (unpaired) electrons. The molecule has 34 heavy (non-hydrogen) atoms. The summed E-state index contributed by atoms with van der Waals surface area (Å²) in [5.74, 6) is -0.438. The Kier molecular flexibility index (Phi) is 6.43. The van der Waals surface area contributed by atoms with Gasteiger partial charge in [-0.15, -0.1) is 0 Å². The first-order valence-corrected chi connectivity index (χ1v) is 12.2. The van der Waals surface area contributed by atoms with Gasteiger partial charge in [-0.2, -0.15) is 13.2 Å². The summed E-state index contributed by atoms with van der Waals surface area (Å²) in [6, 6.07) is 5.65. The Bertz CT molecular complexity index is 1330. The molecule has 2 aromatic heterocycles. The van der Waals surface area contributed by atoms with Crippen LogP contribution in [0.4, 0.5) is 18.9 Å². The third-order valence-electron chi connectivity index (χ3n) is 5.86. The number of nitrogens with one attached hydrogen (secondary N) is 1. The van der Waals surface area contributed by atoms with Crippen molar-refractivity contribution in [3.63, 3.8) is 0 Å². The number of hydrogen-bond acceptors (Lipinski definition) is 6. The van der Waals surface area contributed by atoms with Crippen molar-refractivity contribution in [2.75, 3.05) is 5.32 Å². The maximum absolute atomic E-state index is 13.0. The monoisotopic (exact) mass is 496 g/mol. The highest BCUT2D eigenvalue weighted by atomic mass is 32.2. The first kappa shape index (κ1) is 23.9. The van der Waals surface area contributed by atoms with Gasteiger partial charge in [-0.25, -0.2) is 17.8 Å². The molecule has 0 atom stereocenters. The van der Waals surface area contributed by atoms with E-state index in [4.69, 9.17) is 0 Å². The molecule has 1 saturated carbocycles. The summed E-state index contributed by atoms with van der Waals surface area (Å²) in [4.78, 5) is 16.2. The normalized spacial score (nSPS) is 15.4. The van der Waals surface area contributed by atoms with E-state index in [9.17, 15) is 31.5 Å². The van der Waals surface area contributed by atoms with Crippen LogP contribution < -0.4 is 11.0 Å². The third-order valence-corrected chi connectivity index (χ3v) is 7.37. The van der Waals surface area contributed by atoms with Gasteiger partial charge in [-0.3, -0.25) is 9.55 Å². The molecule has 0 unspecified atom stereocenters. The second kappa shape index (κ2) is 9.16. The van der Waals surface area contributed by atoms with Crippen molar-refractivity contribution in [1.29, 1.82) is 0 Å². The molecule has 2 N–H and O–H groups in total. The molecule has 12 heteroatoms. The van der Waals surface area contributed by atoms with E-state index in [0.29, 0.717) is 6.04 Å². The number of alkyl halides is 3. The predicted octanol–water partition coefficient (Wildman–Crippen LogP) is 3.83. The Morgan fingerprint density at radius 3 is 2.41 bits per heavy atom. The van der Waals surface area contributed by atoms with Gasteiger partial charge in [0.1, 0.15) is 0 Å². The summed E-state index contributed by atoms with van der Waals surface area (Å²) in [6.07, 6.45) is 10.1. The van der Waals surface area contributed by atoms with Gasteiger partial charge in [0.05, 0.1) is 35.2 Å². The van der Waals surface area contributed by atoms with Crippen LogP contribution >= 0.6 is 0 Å². The van der Waals surface area contributed by atoms with E-state index >= 15 is 0 Å². The number of aromatic nitrogens is 3. The molecule has 1 aliphatic rings. The molecule has 0 amide bonds. The van der Waals surface area contributed by atoms with E-state index in [1.165, 1.54) is 17.2 Å². The Morgan fingerprint density at radius 1 is 1.09 bits per heavy atom. The molecular weight excluding hydrogens is 473 g/mol. The Labute approximate surface area is 193 Å². The lowest BCUT2D eigenvalue weighted by atomic mass is 9.95. The number of rotatable bonds is 6. The highest BCUT2D eigenvalue weighted by molar-refractivity contribution is 7.92. The number of nitrogens with zero attached hydrogens (tertiary/aromatic N) is 3. The van der Waals surface area contributed by atoms with Gasteiger partial charge in [-0.05, 0) is 48.7 Å². The van der Waals surface area contributed by atoms with Crippen molar-refractivity contribution < 1.29 is 26.7 Å². The molecule has 0 saturated heterocycles. The van der Waals surface area contributed by atoms with Gasteiger partial charge < -0.3 is 10.4 Å². The summed E-state index contributed by atoms with van der Waals surface area (Å²) >= 11 is 0. The lowest BCUT2D eigenvalue weighted by Gasteiger charge is -2.25. The van der Waals surface area contributed by atoms with Crippen molar-refractivity contribution in [3.05, 3.63) is 65.0 Å². The molecule has 4 rings (SSSR count). The molecule has 1 aliphatic carbocycles. The zero-order valence-electron chi connectivity index (χ0n) is 18.0. The molecule has 0 bridgehead atoms. The van der Waals surface area contributed by atoms with E-state index in [1.54, 1.807) is 18.5 Å². The van der Waals surface area contributed by atoms with E-state index in [1.807, 2.05) is 0 Å². The number of anilines is 1. The summed E-state index contributed by atoms with van der Waals surface area (Å²) in [5.41, 5.74) is -4.48. The molecule has 182 valence electrons. The molecular formula is C22H23F3N4O4S. The summed E-state index contributed by atoms with van der Waals surface area (Å²) in [7, 11) is -5.52. The SMILES string of the molecule is O=c1n(Cc2ccncc2NC2CCCCC2)cc(O)n1-c1ccc(S(=O)(=O)C(F)(F)F)cc1. The molecule has 2 heterocycles. The van der Waals surface area contributed by atoms with Crippen LogP contribution in [-0.2, 0) is 16.4 Å². The van der Waals surface area contributed by atoms with Crippen LogP contribution in [0.15, 0.2) is 58.6 Å². The van der Waals surface area contributed by atoms with Crippen LogP contribution in [0.1, 0.15) is 37.7 Å². The minimum absolute atomic E-state index is 0.0256. The largest absolute Gasteiger partial charge is 0.501 e. The molecule has 0 spiro atoms. The van der Waals surface area contributed by atoms with E-state index in [0.717, 1.165) is 65.8 Å². The summed E-state index contributed by atoms with van der Waals surface area (Å²) in [5, 5.41) is 13.8. The van der Waals surface area contributed by atoms with Gasteiger partial charge in [0, 0.05) is 12.2 Å². The highest BCUT2D eigenvalue weighted by Crippen LogP contribution is 2.31. The zero-order valence-corrected chi connectivity index (χ0v) is 18.8. The number of imidazole rings is 1. The summed E-state index contributed by atoms with van der Waals surface area (Å²) in [6.45, 7) is 0.123. The van der Waals surface area contributed by atoms with Crippen LogP contribution in [0, 0.1) is 0 Å². The molecule has 1 fully saturated rings. The van der Waals surface area contributed by atoms with Crippen LogP contribution in [0.3, 0.4) is 0 Å². The fourth-order valence-corrected chi connectivity index (χ4v) is 4.85. The number of hydrogen-bond donors (Lipinski definition) is 2. The molecule has 1 aromatic carbocycles. The second-order valence-corrected chi connectivity index (χ2v) is 10.1. The first-order valence-electron chi connectivity index (χ1n) is 10.7. The highest BCUT2D eigenvalue weighted by Gasteiger charge is 2.46. The van der Waals surface area contributed by atoms with Crippen molar-refractivity contribution in [2.45, 2.75) is 55.1 Å². The number of sulfone groups is 1. The maximum Gasteiger partial charge on any atom is 0.501 e. The molecule has 8 nitrogen and oxygen atoms in total. The van der Waals surface area contributed by atoms with Crippen molar-refractivity contribution in [2.24, 2.45) is 0 Å². The minimum atomic E-state index is -5.52. The lowest BCUT2D eigenvalue weighted by Crippen LogP contribution is -2.26. The van der Waals surface area contributed by atoms with Crippen LogP contribution in [0.2, 0.25) is 0 Å². The standard InChI is InChI=1S/C22H23F3N4O4S/c23-22(24,25)34(32,33)18-8-6-17(7-9-18)29-20(30)14-28(21(29)31)13-15-10-11-26-12-19(15)27-16-4-2-1-3-5-16/h6-12,14,16,27,30H,1-5,13H2. The van der Waals surface area contributed by atoms with Crippen LogP contribution in [0.25, 0.3) is 5.69 Å². The maximum atomic E-state index is 13.0. The van der Waals surface area contributed by atoms with E-state index in [-0.39, 0.29) is 12.2 Å². The van der Waals surface area contributed by atoms with Crippen molar-refractivity contribution in [3.8, 4) is 11.6 Å². The summed E-state index contributed by atoms with van der Waals surface area (Å²) < 4.78 is 63.6. The molecule has 0 aliphatic heterocycles. The smallest absolute Gasteiger partial charge is 0.493 e. The first-order chi connectivity index (χ1) is 16.1. The second-order valence-electron chi connectivity index (χ2n) is 8.19. The Balaban J connectivity index is 1.60. The van der Waals surface area contributed by atoms with Gasteiger partial charge in [0.15, 0.2) is 0 Å². The quantitative estimate of drug-likeness (QED) is 0.537. The number of aromatic hydroxyl groups is 1. The topological polar surface area (TPSA) is 106 Å². The number of halogens is 3. The fraction of sp³-hybridized carbons (Fsp3) is 0.364. The van der Waals surface area contributed by atoms with Gasteiger partial charge in [-0.1, -0.05) is 19.3 Å².